The molecule has 1 aromatic rings. The summed E-state index contributed by atoms with van der Waals surface area (Å²) in [7, 11) is -3.18. The van der Waals surface area contributed by atoms with Gasteiger partial charge in [0.2, 0.25) is 0 Å². The fraction of sp³-hybridized carbons (Fsp3) is 0.500. The zero-order valence-electron chi connectivity index (χ0n) is 11.0. The molecule has 0 aliphatic heterocycles. The van der Waals surface area contributed by atoms with Gasteiger partial charge in [-0.05, 0) is 30.9 Å². The second-order valence-electron chi connectivity index (χ2n) is 5.03. The van der Waals surface area contributed by atoms with E-state index in [9.17, 15) is 13.2 Å². The largest absolute Gasteiger partial charge is 0.298 e. The standard InChI is InChI=1S/C14H18O3S2/c1-19(16,17)14-8-7-13(18-14)12(10-15)9-11-5-3-2-4-6-11/h7-11H,2-6H2,1H3/b12-9-. The molecule has 2 rings (SSSR count). The average molecular weight is 298 g/mol. The number of hydrogen-bond acceptors (Lipinski definition) is 4. The molecule has 0 radical (unpaired) electrons. The van der Waals surface area contributed by atoms with Gasteiger partial charge < -0.3 is 0 Å². The van der Waals surface area contributed by atoms with Gasteiger partial charge in [-0.25, -0.2) is 8.42 Å². The molecule has 1 aliphatic carbocycles. The van der Waals surface area contributed by atoms with E-state index in [1.165, 1.54) is 36.9 Å². The number of sulfone groups is 1. The highest BCUT2D eigenvalue weighted by atomic mass is 32.2. The molecule has 5 heteroatoms. The molecule has 1 saturated carbocycles. The molecule has 104 valence electrons. The Morgan fingerprint density at radius 1 is 1.26 bits per heavy atom. The Hall–Kier alpha value is -0.940. The molecule has 3 nitrogen and oxygen atoms in total. The summed E-state index contributed by atoms with van der Waals surface area (Å²) < 4.78 is 23.2. The second-order valence-corrected chi connectivity index (χ2v) is 8.36. The molecule has 0 N–H and O–H groups in total. The van der Waals surface area contributed by atoms with Crippen molar-refractivity contribution < 1.29 is 13.2 Å². The first kappa shape index (κ1) is 14.5. The first-order valence-corrected chi connectivity index (χ1v) is 9.19. The Morgan fingerprint density at radius 3 is 2.47 bits per heavy atom. The van der Waals surface area contributed by atoms with E-state index in [4.69, 9.17) is 0 Å². The molecule has 0 saturated heterocycles. The number of carbonyl (C=O) groups excluding carboxylic acids is 1. The van der Waals surface area contributed by atoms with Gasteiger partial charge >= 0.3 is 0 Å². The van der Waals surface area contributed by atoms with E-state index in [0.717, 1.165) is 24.0 Å². The molecule has 1 fully saturated rings. The lowest BCUT2D eigenvalue weighted by atomic mass is 9.88. The van der Waals surface area contributed by atoms with Crippen molar-refractivity contribution in [2.45, 2.75) is 36.3 Å². The van der Waals surface area contributed by atoms with E-state index in [1.807, 2.05) is 6.08 Å². The van der Waals surface area contributed by atoms with Crippen LogP contribution in [0.3, 0.4) is 0 Å². The molecule has 1 aromatic heterocycles. The molecule has 0 unspecified atom stereocenters. The van der Waals surface area contributed by atoms with E-state index >= 15 is 0 Å². The fourth-order valence-electron chi connectivity index (χ4n) is 2.41. The average Bonchev–Trinajstić information content (AvgIpc) is 2.86. The van der Waals surface area contributed by atoms with Gasteiger partial charge in [0.25, 0.3) is 0 Å². The third kappa shape index (κ3) is 3.76. The maximum atomic E-state index is 11.4. The van der Waals surface area contributed by atoms with Crippen molar-refractivity contribution in [2.75, 3.05) is 6.26 Å². The van der Waals surface area contributed by atoms with Crippen molar-refractivity contribution >= 4 is 33.0 Å². The van der Waals surface area contributed by atoms with Crippen molar-refractivity contribution in [3.63, 3.8) is 0 Å². The summed E-state index contributed by atoms with van der Waals surface area (Å²) in [6, 6.07) is 3.30. The van der Waals surface area contributed by atoms with Gasteiger partial charge in [-0.1, -0.05) is 25.3 Å². The minimum atomic E-state index is -3.18. The summed E-state index contributed by atoms with van der Waals surface area (Å²) in [4.78, 5) is 12.0. The number of hydrogen-bond donors (Lipinski definition) is 0. The summed E-state index contributed by atoms with van der Waals surface area (Å²) in [5, 5.41) is 0. The number of rotatable bonds is 4. The van der Waals surface area contributed by atoms with Crippen LogP contribution in [0, 0.1) is 5.92 Å². The van der Waals surface area contributed by atoms with Crippen LogP contribution in [0.4, 0.5) is 0 Å². The lowest BCUT2D eigenvalue weighted by molar-refractivity contribution is -0.103. The highest BCUT2D eigenvalue weighted by Gasteiger charge is 2.15. The molecule has 1 aliphatic rings. The molecule has 1 heterocycles. The van der Waals surface area contributed by atoms with Crippen molar-refractivity contribution in [3.05, 3.63) is 23.1 Å². The number of carbonyl (C=O) groups is 1. The maximum absolute atomic E-state index is 11.4. The van der Waals surface area contributed by atoms with Crippen LogP contribution in [0.2, 0.25) is 0 Å². The summed E-state index contributed by atoms with van der Waals surface area (Å²) in [5.74, 6) is 0.456. The molecule has 19 heavy (non-hydrogen) atoms. The van der Waals surface area contributed by atoms with E-state index < -0.39 is 9.84 Å². The monoisotopic (exact) mass is 298 g/mol. The van der Waals surface area contributed by atoms with E-state index in [2.05, 4.69) is 0 Å². The van der Waals surface area contributed by atoms with Crippen LogP contribution < -0.4 is 0 Å². The zero-order valence-corrected chi connectivity index (χ0v) is 12.6. The van der Waals surface area contributed by atoms with E-state index in [1.54, 1.807) is 12.1 Å². The maximum Gasteiger partial charge on any atom is 0.184 e. The molecule has 0 aromatic carbocycles. The Bertz CT molecular complexity index is 576. The van der Waals surface area contributed by atoms with Crippen LogP contribution in [-0.2, 0) is 14.6 Å². The van der Waals surface area contributed by atoms with Crippen LogP contribution in [0.5, 0.6) is 0 Å². The predicted molar refractivity (Wildman–Crippen MR) is 78.0 cm³/mol. The molecule has 0 atom stereocenters. The SMILES string of the molecule is CS(=O)(=O)c1ccc(/C(C=O)=C\C2CCCCC2)s1. The summed E-state index contributed by atoms with van der Waals surface area (Å²) in [6.45, 7) is 0. The zero-order chi connectivity index (χ0) is 13.9. The van der Waals surface area contributed by atoms with Crippen molar-refractivity contribution in [3.8, 4) is 0 Å². The van der Waals surface area contributed by atoms with Crippen molar-refractivity contribution in [2.24, 2.45) is 5.92 Å². The van der Waals surface area contributed by atoms with Crippen LogP contribution in [0.15, 0.2) is 22.4 Å². The summed E-state index contributed by atoms with van der Waals surface area (Å²) >= 11 is 1.17. The van der Waals surface area contributed by atoms with Gasteiger partial charge in [0.1, 0.15) is 4.21 Å². The molecule has 0 bridgehead atoms. The molecular formula is C14H18O3S2. The minimum Gasteiger partial charge on any atom is -0.298 e. The smallest absolute Gasteiger partial charge is 0.184 e. The molecule has 0 amide bonds. The Labute approximate surface area is 118 Å². The first-order valence-electron chi connectivity index (χ1n) is 6.48. The van der Waals surface area contributed by atoms with Crippen LogP contribution in [0.25, 0.3) is 5.57 Å². The summed E-state index contributed by atoms with van der Waals surface area (Å²) in [6.07, 6.45) is 10.0. The molecular weight excluding hydrogens is 280 g/mol. The highest BCUT2D eigenvalue weighted by molar-refractivity contribution is 7.92. The van der Waals surface area contributed by atoms with E-state index in [-0.39, 0.29) is 0 Å². The lowest BCUT2D eigenvalue weighted by Crippen LogP contribution is -2.03. The van der Waals surface area contributed by atoms with Crippen molar-refractivity contribution in [1.29, 1.82) is 0 Å². The van der Waals surface area contributed by atoms with Gasteiger partial charge in [-0.15, -0.1) is 11.3 Å². The third-order valence-electron chi connectivity index (χ3n) is 3.42. The summed E-state index contributed by atoms with van der Waals surface area (Å²) in [5.41, 5.74) is 0.631. The normalized spacial score (nSPS) is 18.5. The van der Waals surface area contributed by atoms with Crippen LogP contribution in [0.1, 0.15) is 37.0 Å². The first-order chi connectivity index (χ1) is 9.00. The quantitative estimate of drug-likeness (QED) is 0.633. The third-order valence-corrected chi connectivity index (χ3v) is 6.38. The van der Waals surface area contributed by atoms with E-state index in [0.29, 0.717) is 15.7 Å². The number of thiophene rings is 1. The van der Waals surface area contributed by atoms with Gasteiger partial charge in [0.05, 0.1) is 0 Å². The number of allylic oxidation sites excluding steroid dienone is 2. The second kappa shape index (κ2) is 6.01. The van der Waals surface area contributed by atoms with Crippen LogP contribution in [-0.4, -0.2) is 21.0 Å². The predicted octanol–water partition coefficient (Wildman–Crippen LogP) is 3.31. The van der Waals surface area contributed by atoms with Gasteiger partial charge in [-0.2, -0.15) is 0 Å². The Kier molecular flexibility index (Phi) is 4.58. The number of aldehydes is 1. The Balaban J connectivity index is 2.24. The topological polar surface area (TPSA) is 51.2 Å². The van der Waals surface area contributed by atoms with Gasteiger partial charge in [-0.3, -0.25) is 4.79 Å². The minimum absolute atomic E-state index is 0.318. The Morgan fingerprint density at radius 2 is 1.95 bits per heavy atom. The lowest BCUT2D eigenvalue weighted by Gasteiger charge is -2.18. The highest BCUT2D eigenvalue weighted by Crippen LogP contribution is 2.31. The molecule has 0 spiro atoms. The van der Waals surface area contributed by atoms with Crippen LogP contribution >= 0.6 is 11.3 Å². The fourth-order valence-corrected chi connectivity index (χ4v) is 4.32. The van der Waals surface area contributed by atoms with Gasteiger partial charge in [0.15, 0.2) is 16.1 Å². The van der Waals surface area contributed by atoms with Gasteiger partial charge in [0, 0.05) is 16.7 Å². The van der Waals surface area contributed by atoms with Crippen molar-refractivity contribution in [1.82, 2.24) is 0 Å².